The Labute approximate surface area is 207 Å². The molecule has 3 aromatic carbocycles. The van der Waals surface area contributed by atoms with Crippen molar-refractivity contribution in [3.8, 4) is 5.75 Å². The number of methoxy groups -OCH3 is 1. The standard InChI is InChI=1S/C28H27F2NO5/c1-27(2,21-8-6-10-23(30)24(21)35-3)16-28(34,14-17-7-4-5-9-22(17)29)26(33)31-19-11-12-20-18(13-19)15-36-25(20)32/h4-13,34H,14-16H2,1-3H3,(H,31,33)/t28-/m1/s1. The third-order valence-corrected chi connectivity index (χ3v) is 6.44. The van der Waals surface area contributed by atoms with Crippen LogP contribution in [0.4, 0.5) is 14.5 Å². The molecule has 36 heavy (non-hydrogen) atoms. The molecule has 1 heterocycles. The zero-order valence-corrected chi connectivity index (χ0v) is 20.2. The number of aliphatic hydroxyl groups is 1. The molecule has 4 rings (SSSR count). The summed E-state index contributed by atoms with van der Waals surface area (Å²) in [7, 11) is 1.35. The van der Waals surface area contributed by atoms with Gasteiger partial charge in [-0.3, -0.25) is 4.79 Å². The van der Waals surface area contributed by atoms with Crippen LogP contribution >= 0.6 is 0 Å². The van der Waals surface area contributed by atoms with Gasteiger partial charge in [-0.05, 0) is 47.7 Å². The lowest BCUT2D eigenvalue weighted by Crippen LogP contribution is -2.49. The van der Waals surface area contributed by atoms with Crippen molar-refractivity contribution >= 4 is 17.6 Å². The van der Waals surface area contributed by atoms with Crippen LogP contribution in [0.1, 0.15) is 47.3 Å². The molecule has 2 N–H and O–H groups in total. The second kappa shape index (κ2) is 9.70. The fourth-order valence-electron chi connectivity index (χ4n) is 4.71. The topological polar surface area (TPSA) is 84.9 Å². The number of rotatable bonds is 8. The molecule has 0 bridgehead atoms. The molecule has 0 saturated heterocycles. The molecule has 3 aromatic rings. The number of para-hydroxylation sites is 1. The Morgan fingerprint density at radius 3 is 2.53 bits per heavy atom. The van der Waals surface area contributed by atoms with Gasteiger partial charge in [0.25, 0.3) is 5.91 Å². The number of cyclic esters (lactones) is 1. The van der Waals surface area contributed by atoms with E-state index in [1.54, 1.807) is 32.0 Å². The lowest BCUT2D eigenvalue weighted by molar-refractivity contribution is -0.136. The van der Waals surface area contributed by atoms with Crippen molar-refractivity contribution < 1.29 is 33.0 Å². The van der Waals surface area contributed by atoms with Crippen LogP contribution in [0.5, 0.6) is 5.75 Å². The summed E-state index contributed by atoms with van der Waals surface area (Å²) in [4.78, 5) is 25.3. The molecule has 1 aliphatic heterocycles. The number of nitrogens with one attached hydrogen (secondary N) is 1. The first-order valence-electron chi connectivity index (χ1n) is 11.4. The number of halogens is 2. The number of hydrogen-bond acceptors (Lipinski definition) is 5. The number of benzene rings is 3. The number of hydrogen-bond donors (Lipinski definition) is 2. The van der Waals surface area contributed by atoms with E-state index in [1.807, 2.05) is 0 Å². The molecule has 1 amide bonds. The normalized spacial score (nSPS) is 14.6. The molecule has 0 unspecified atom stereocenters. The molecule has 0 aromatic heterocycles. The Morgan fingerprint density at radius 1 is 1.08 bits per heavy atom. The minimum absolute atomic E-state index is 0.0134. The summed E-state index contributed by atoms with van der Waals surface area (Å²) in [6, 6.07) is 15.0. The zero-order chi connectivity index (χ0) is 26.1. The largest absolute Gasteiger partial charge is 0.493 e. The summed E-state index contributed by atoms with van der Waals surface area (Å²) in [5.74, 6) is -2.32. The Balaban J connectivity index is 1.70. The van der Waals surface area contributed by atoms with E-state index in [0.717, 1.165) is 0 Å². The summed E-state index contributed by atoms with van der Waals surface area (Å²) < 4.78 is 39.3. The van der Waals surface area contributed by atoms with Crippen molar-refractivity contribution in [3.05, 3.63) is 94.6 Å². The highest BCUT2D eigenvalue weighted by atomic mass is 19.1. The minimum Gasteiger partial charge on any atom is -0.493 e. The highest BCUT2D eigenvalue weighted by Crippen LogP contribution is 2.40. The van der Waals surface area contributed by atoms with Gasteiger partial charge in [-0.2, -0.15) is 0 Å². The van der Waals surface area contributed by atoms with Gasteiger partial charge < -0.3 is 19.9 Å². The quantitative estimate of drug-likeness (QED) is 0.433. The lowest BCUT2D eigenvalue weighted by atomic mass is 9.72. The molecular weight excluding hydrogens is 468 g/mol. The molecule has 1 aliphatic rings. The molecule has 0 radical (unpaired) electrons. The van der Waals surface area contributed by atoms with Crippen LogP contribution in [0, 0.1) is 11.6 Å². The first-order chi connectivity index (χ1) is 17.0. The van der Waals surface area contributed by atoms with Gasteiger partial charge in [-0.15, -0.1) is 0 Å². The molecule has 0 spiro atoms. The van der Waals surface area contributed by atoms with Gasteiger partial charge in [0.1, 0.15) is 18.0 Å². The Kier molecular flexibility index (Phi) is 6.82. The second-order valence-electron chi connectivity index (χ2n) is 9.58. The molecule has 8 heteroatoms. The molecule has 188 valence electrons. The predicted octanol–water partition coefficient (Wildman–Crippen LogP) is 4.92. The van der Waals surface area contributed by atoms with E-state index in [-0.39, 0.29) is 30.8 Å². The number of anilines is 1. The Bertz CT molecular complexity index is 1320. The second-order valence-corrected chi connectivity index (χ2v) is 9.58. The van der Waals surface area contributed by atoms with Crippen LogP contribution < -0.4 is 10.1 Å². The molecule has 1 atom stereocenters. The van der Waals surface area contributed by atoms with E-state index in [1.165, 1.54) is 49.6 Å². The molecule has 0 saturated carbocycles. The first kappa shape index (κ1) is 25.3. The highest BCUT2D eigenvalue weighted by molar-refractivity contribution is 5.99. The number of ether oxygens (including phenoxy) is 2. The van der Waals surface area contributed by atoms with Crippen LogP contribution in [0.2, 0.25) is 0 Å². The third-order valence-electron chi connectivity index (χ3n) is 6.44. The SMILES string of the molecule is COc1c(F)cccc1C(C)(C)C[C@](O)(Cc1ccccc1F)C(=O)Nc1ccc2c(c1)COC2=O. The third kappa shape index (κ3) is 4.95. The average molecular weight is 496 g/mol. The predicted molar refractivity (Wildman–Crippen MR) is 130 cm³/mol. The van der Waals surface area contributed by atoms with Crippen molar-refractivity contribution in [1.29, 1.82) is 0 Å². The first-order valence-corrected chi connectivity index (χ1v) is 11.4. The molecular formula is C28H27F2NO5. The van der Waals surface area contributed by atoms with Gasteiger partial charge in [-0.25, -0.2) is 13.6 Å². The summed E-state index contributed by atoms with van der Waals surface area (Å²) in [5.41, 5.74) is -1.06. The average Bonchev–Trinajstić information content (AvgIpc) is 3.20. The van der Waals surface area contributed by atoms with Crippen LogP contribution in [0.25, 0.3) is 0 Å². The fourth-order valence-corrected chi connectivity index (χ4v) is 4.71. The summed E-state index contributed by atoms with van der Waals surface area (Å²) in [5, 5.41) is 14.5. The number of amides is 1. The number of carbonyl (C=O) groups is 2. The van der Waals surface area contributed by atoms with E-state index in [4.69, 9.17) is 9.47 Å². The maximum atomic E-state index is 14.6. The highest BCUT2D eigenvalue weighted by Gasteiger charge is 2.43. The van der Waals surface area contributed by atoms with Crippen molar-refractivity contribution in [1.82, 2.24) is 0 Å². The van der Waals surface area contributed by atoms with E-state index < -0.39 is 34.5 Å². The number of carbonyl (C=O) groups excluding carboxylic acids is 2. The smallest absolute Gasteiger partial charge is 0.338 e. The van der Waals surface area contributed by atoms with Crippen molar-refractivity contribution in [3.63, 3.8) is 0 Å². The van der Waals surface area contributed by atoms with Gasteiger partial charge in [-0.1, -0.05) is 44.2 Å². The minimum atomic E-state index is -2.09. The van der Waals surface area contributed by atoms with Gasteiger partial charge in [0.15, 0.2) is 11.6 Å². The summed E-state index contributed by atoms with van der Waals surface area (Å²) >= 11 is 0. The summed E-state index contributed by atoms with van der Waals surface area (Å²) in [6.45, 7) is 3.59. The van der Waals surface area contributed by atoms with Crippen LogP contribution in [0.15, 0.2) is 60.7 Å². The van der Waals surface area contributed by atoms with Crippen molar-refractivity contribution in [2.24, 2.45) is 0 Å². The van der Waals surface area contributed by atoms with Crippen molar-refractivity contribution in [2.75, 3.05) is 12.4 Å². The maximum Gasteiger partial charge on any atom is 0.338 e. The van der Waals surface area contributed by atoms with Gasteiger partial charge in [0.2, 0.25) is 0 Å². The lowest BCUT2D eigenvalue weighted by Gasteiger charge is -2.36. The van der Waals surface area contributed by atoms with E-state index >= 15 is 0 Å². The summed E-state index contributed by atoms with van der Waals surface area (Å²) in [6.07, 6.45) is -0.494. The number of fused-ring (bicyclic) bond motifs is 1. The van der Waals surface area contributed by atoms with Crippen molar-refractivity contribution in [2.45, 2.75) is 44.3 Å². The Hall–Kier alpha value is -3.78. The molecule has 0 aliphatic carbocycles. The monoisotopic (exact) mass is 495 g/mol. The maximum absolute atomic E-state index is 14.6. The van der Waals surface area contributed by atoms with E-state index in [0.29, 0.717) is 22.4 Å². The Morgan fingerprint density at radius 2 is 1.81 bits per heavy atom. The van der Waals surface area contributed by atoms with Gasteiger partial charge in [0.05, 0.1) is 12.7 Å². The van der Waals surface area contributed by atoms with E-state index in [9.17, 15) is 23.5 Å². The molecule has 0 fully saturated rings. The van der Waals surface area contributed by atoms with Gasteiger partial charge >= 0.3 is 5.97 Å². The van der Waals surface area contributed by atoms with Gasteiger partial charge in [0, 0.05) is 23.2 Å². The fraction of sp³-hybridized carbons (Fsp3) is 0.286. The van der Waals surface area contributed by atoms with Crippen LogP contribution in [-0.4, -0.2) is 29.7 Å². The van der Waals surface area contributed by atoms with E-state index in [2.05, 4.69) is 5.32 Å². The zero-order valence-electron chi connectivity index (χ0n) is 20.2. The molecule has 6 nitrogen and oxygen atoms in total. The number of esters is 1. The van der Waals surface area contributed by atoms with Crippen LogP contribution in [-0.2, 0) is 28.0 Å². The van der Waals surface area contributed by atoms with Crippen LogP contribution in [0.3, 0.4) is 0 Å².